The fraction of sp³-hybridized carbons (Fsp3) is 0.200. The molecular weight excluding hydrogens is 360 g/mol. The van der Waals surface area contributed by atoms with E-state index in [2.05, 4.69) is 36.1 Å². The molecule has 0 saturated heterocycles. The van der Waals surface area contributed by atoms with Gasteiger partial charge < -0.3 is 4.52 Å². The second kappa shape index (κ2) is 6.92. The van der Waals surface area contributed by atoms with Crippen LogP contribution in [0, 0.1) is 20.8 Å². The topological polar surface area (TPSA) is 72.1 Å². The lowest BCUT2D eigenvalue weighted by Gasteiger charge is -2.18. The van der Waals surface area contributed by atoms with Crippen molar-refractivity contribution in [2.24, 2.45) is 0 Å². The number of aromatic nitrogens is 3. The molecule has 1 amide bonds. The molecule has 0 N–H and O–H groups in total. The Morgan fingerprint density at radius 1 is 1.19 bits per heavy atom. The molecule has 0 unspecified atom stereocenters. The summed E-state index contributed by atoms with van der Waals surface area (Å²) in [4.78, 5) is 23.6. The standard InChI is InChI=1S/C20H18N4O2S/c1-12-7-16-18(8-13(12)2)27-20(22-16)24(11-15-5-4-6-21-10-15)19(25)17-9-14(3)26-23-17/h4-10H,11H2,1-3H3. The maximum atomic E-state index is 13.1. The largest absolute Gasteiger partial charge is 0.361 e. The van der Waals surface area contributed by atoms with Crippen molar-refractivity contribution >= 4 is 32.6 Å². The SMILES string of the molecule is Cc1cc(C(=O)N(Cc2cccnc2)c2nc3cc(C)c(C)cc3s2)no1. The van der Waals surface area contributed by atoms with E-state index in [1.54, 1.807) is 30.3 Å². The first-order valence-electron chi connectivity index (χ1n) is 8.53. The molecule has 0 aliphatic rings. The van der Waals surface area contributed by atoms with Gasteiger partial charge in [-0.05, 0) is 55.7 Å². The van der Waals surface area contributed by atoms with Gasteiger partial charge in [0.05, 0.1) is 16.8 Å². The summed E-state index contributed by atoms with van der Waals surface area (Å²) >= 11 is 1.49. The molecule has 6 nitrogen and oxygen atoms in total. The average Bonchev–Trinajstić information content (AvgIpc) is 3.26. The minimum absolute atomic E-state index is 0.247. The van der Waals surface area contributed by atoms with Crippen LogP contribution in [0.2, 0.25) is 0 Å². The van der Waals surface area contributed by atoms with Crippen LogP contribution in [-0.2, 0) is 6.54 Å². The molecule has 3 aromatic heterocycles. The lowest BCUT2D eigenvalue weighted by atomic mass is 10.1. The summed E-state index contributed by atoms with van der Waals surface area (Å²) in [6.45, 7) is 6.25. The van der Waals surface area contributed by atoms with Crippen LogP contribution in [0.5, 0.6) is 0 Å². The third kappa shape index (κ3) is 3.46. The minimum Gasteiger partial charge on any atom is -0.361 e. The highest BCUT2D eigenvalue weighted by Crippen LogP contribution is 2.32. The van der Waals surface area contributed by atoms with E-state index in [-0.39, 0.29) is 11.6 Å². The summed E-state index contributed by atoms with van der Waals surface area (Å²) in [5, 5.41) is 4.51. The molecule has 0 fully saturated rings. The Kier molecular flexibility index (Phi) is 4.45. The predicted molar refractivity (Wildman–Crippen MR) is 105 cm³/mol. The van der Waals surface area contributed by atoms with Gasteiger partial charge in [0.15, 0.2) is 10.8 Å². The number of carbonyl (C=O) groups excluding carboxylic acids is 1. The summed E-state index contributed by atoms with van der Waals surface area (Å²) < 4.78 is 6.13. The lowest BCUT2D eigenvalue weighted by molar-refractivity contribution is 0.0976. The van der Waals surface area contributed by atoms with Crippen molar-refractivity contribution in [2.75, 3.05) is 4.90 Å². The minimum atomic E-state index is -0.247. The van der Waals surface area contributed by atoms with Crippen LogP contribution in [-0.4, -0.2) is 21.0 Å². The molecule has 136 valence electrons. The molecule has 0 atom stereocenters. The number of carbonyl (C=O) groups is 1. The van der Waals surface area contributed by atoms with Gasteiger partial charge in [0.2, 0.25) is 0 Å². The molecule has 27 heavy (non-hydrogen) atoms. The Morgan fingerprint density at radius 3 is 2.70 bits per heavy atom. The van der Waals surface area contributed by atoms with Crippen molar-refractivity contribution in [3.63, 3.8) is 0 Å². The number of benzene rings is 1. The van der Waals surface area contributed by atoms with Gasteiger partial charge in [-0.1, -0.05) is 22.6 Å². The van der Waals surface area contributed by atoms with Crippen molar-refractivity contribution in [3.8, 4) is 0 Å². The number of hydrogen-bond donors (Lipinski definition) is 0. The van der Waals surface area contributed by atoms with Crippen LogP contribution in [0.25, 0.3) is 10.2 Å². The normalized spacial score (nSPS) is 11.1. The average molecular weight is 378 g/mol. The number of nitrogens with zero attached hydrogens (tertiary/aromatic N) is 4. The third-order valence-electron chi connectivity index (χ3n) is 4.38. The first-order chi connectivity index (χ1) is 13.0. The van der Waals surface area contributed by atoms with Gasteiger partial charge in [0.1, 0.15) is 5.76 Å². The Morgan fingerprint density at radius 2 is 2.00 bits per heavy atom. The Bertz CT molecular complexity index is 1080. The number of rotatable bonds is 4. The van der Waals surface area contributed by atoms with Crippen LogP contribution >= 0.6 is 11.3 Å². The maximum absolute atomic E-state index is 13.1. The first-order valence-corrected chi connectivity index (χ1v) is 9.35. The van der Waals surface area contributed by atoms with Gasteiger partial charge in [0, 0.05) is 18.5 Å². The summed E-state index contributed by atoms with van der Waals surface area (Å²) in [7, 11) is 0. The van der Waals surface area contributed by atoms with Crippen LogP contribution < -0.4 is 4.90 Å². The number of hydrogen-bond acceptors (Lipinski definition) is 6. The molecule has 0 bridgehead atoms. The third-order valence-corrected chi connectivity index (χ3v) is 5.42. The first kappa shape index (κ1) is 17.4. The molecule has 0 spiro atoms. The second-order valence-corrected chi connectivity index (χ2v) is 7.49. The van der Waals surface area contributed by atoms with E-state index in [1.165, 1.54) is 22.5 Å². The maximum Gasteiger partial charge on any atom is 0.282 e. The van der Waals surface area contributed by atoms with Crippen LogP contribution in [0.15, 0.2) is 47.2 Å². The molecule has 7 heteroatoms. The number of amides is 1. The zero-order valence-electron chi connectivity index (χ0n) is 15.3. The molecular formula is C20H18N4O2S. The van der Waals surface area contributed by atoms with Gasteiger partial charge >= 0.3 is 0 Å². The number of pyridine rings is 1. The fourth-order valence-corrected chi connectivity index (χ4v) is 3.83. The van der Waals surface area contributed by atoms with E-state index in [9.17, 15) is 4.79 Å². The highest BCUT2D eigenvalue weighted by molar-refractivity contribution is 7.22. The van der Waals surface area contributed by atoms with Crippen molar-refractivity contribution in [3.05, 3.63) is 70.9 Å². The van der Waals surface area contributed by atoms with Gasteiger partial charge in [-0.25, -0.2) is 4.98 Å². The zero-order valence-corrected chi connectivity index (χ0v) is 16.1. The molecule has 1 aromatic carbocycles. The van der Waals surface area contributed by atoms with Crippen molar-refractivity contribution in [1.29, 1.82) is 0 Å². The van der Waals surface area contributed by atoms with E-state index in [1.807, 2.05) is 12.1 Å². The monoisotopic (exact) mass is 378 g/mol. The van der Waals surface area contributed by atoms with Crippen molar-refractivity contribution in [2.45, 2.75) is 27.3 Å². The molecule has 0 saturated carbocycles. The fourth-order valence-electron chi connectivity index (χ4n) is 2.79. The van der Waals surface area contributed by atoms with Gasteiger partial charge in [0.25, 0.3) is 5.91 Å². The molecule has 0 radical (unpaired) electrons. The molecule has 4 rings (SSSR count). The van der Waals surface area contributed by atoms with Crippen LogP contribution in [0.4, 0.5) is 5.13 Å². The zero-order chi connectivity index (χ0) is 19.0. The van der Waals surface area contributed by atoms with Crippen LogP contribution in [0.1, 0.15) is 32.9 Å². The summed E-state index contributed by atoms with van der Waals surface area (Å²) in [5.74, 6) is 0.346. The van der Waals surface area contributed by atoms with Crippen molar-refractivity contribution in [1.82, 2.24) is 15.1 Å². The number of aryl methyl sites for hydroxylation is 3. The highest BCUT2D eigenvalue weighted by atomic mass is 32.1. The highest BCUT2D eigenvalue weighted by Gasteiger charge is 2.24. The van der Waals surface area contributed by atoms with Crippen LogP contribution in [0.3, 0.4) is 0 Å². The molecule has 3 heterocycles. The van der Waals surface area contributed by atoms with Gasteiger partial charge in [-0.15, -0.1) is 0 Å². The molecule has 4 aromatic rings. The number of fused-ring (bicyclic) bond motifs is 1. The second-order valence-electron chi connectivity index (χ2n) is 6.48. The summed E-state index contributed by atoms with van der Waals surface area (Å²) in [6.07, 6.45) is 3.45. The Labute approximate surface area is 160 Å². The predicted octanol–water partition coefficient (Wildman–Crippen LogP) is 4.45. The number of thiazole rings is 1. The summed E-state index contributed by atoms with van der Waals surface area (Å²) in [6, 6.07) is 9.59. The van der Waals surface area contributed by atoms with E-state index < -0.39 is 0 Å². The molecule has 0 aliphatic heterocycles. The smallest absolute Gasteiger partial charge is 0.282 e. The van der Waals surface area contributed by atoms with E-state index >= 15 is 0 Å². The molecule has 0 aliphatic carbocycles. The van der Waals surface area contributed by atoms with E-state index in [0.29, 0.717) is 17.4 Å². The van der Waals surface area contributed by atoms with Crippen molar-refractivity contribution < 1.29 is 9.32 Å². The Hall–Kier alpha value is -3.06. The quantitative estimate of drug-likeness (QED) is 0.524. The van der Waals surface area contributed by atoms with Gasteiger partial charge in [-0.3, -0.25) is 14.7 Å². The van der Waals surface area contributed by atoms with E-state index in [0.717, 1.165) is 15.8 Å². The van der Waals surface area contributed by atoms with E-state index in [4.69, 9.17) is 9.51 Å². The summed E-state index contributed by atoms with van der Waals surface area (Å²) in [5.41, 5.74) is 4.45. The Balaban J connectivity index is 1.78. The lowest BCUT2D eigenvalue weighted by Crippen LogP contribution is -2.30. The van der Waals surface area contributed by atoms with Gasteiger partial charge in [-0.2, -0.15) is 0 Å². The number of anilines is 1.